The third kappa shape index (κ3) is 3.57. The van der Waals surface area contributed by atoms with Gasteiger partial charge in [0, 0.05) is 37.2 Å². The van der Waals surface area contributed by atoms with Crippen LogP contribution in [0.1, 0.15) is 28.7 Å². The van der Waals surface area contributed by atoms with Gasteiger partial charge in [0.1, 0.15) is 0 Å². The van der Waals surface area contributed by atoms with Crippen LogP contribution in [0.15, 0.2) is 35.5 Å². The van der Waals surface area contributed by atoms with Crippen LogP contribution in [0.2, 0.25) is 0 Å². The first-order chi connectivity index (χ1) is 12.6. The van der Waals surface area contributed by atoms with E-state index in [-0.39, 0.29) is 5.78 Å². The minimum Gasteiger partial charge on any atom is -0.383 e. The van der Waals surface area contributed by atoms with Crippen molar-refractivity contribution in [2.45, 2.75) is 39.0 Å². The number of methoxy groups -OCH3 is 1. The van der Waals surface area contributed by atoms with Crippen LogP contribution >= 0.6 is 11.8 Å². The molecule has 0 radical (unpaired) electrons. The van der Waals surface area contributed by atoms with Gasteiger partial charge in [-0.3, -0.25) is 4.79 Å². The summed E-state index contributed by atoms with van der Waals surface area (Å²) < 4.78 is 9.47. The quantitative estimate of drug-likeness (QED) is 0.442. The number of ether oxygens (including phenoxy) is 1. The third-order valence-electron chi connectivity index (χ3n) is 4.66. The van der Waals surface area contributed by atoms with E-state index in [9.17, 15) is 4.79 Å². The van der Waals surface area contributed by atoms with Crippen molar-refractivity contribution in [1.29, 1.82) is 0 Å². The zero-order valence-corrected chi connectivity index (χ0v) is 16.6. The maximum Gasteiger partial charge on any atom is 0.175 e. The Morgan fingerprint density at radius 1 is 1.23 bits per heavy atom. The summed E-state index contributed by atoms with van der Waals surface area (Å²) in [5, 5.41) is 0.898. The molecule has 0 unspecified atom stereocenters. The lowest BCUT2D eigenvalue weighted by Crippen LogP contribution is -2.10. The number of thioether (sulfide) groups is 1. The second-order valence-electron chi connectivity index (χ2n) is 6.27. The molecule has 0 fully saturated rings. The van der Waals surface area contributed by atoms with Gasteiger partial charge in [-0.25, -0.2) is 4.98 Å². The van der Waals surface area contributed by atoms with Crippen LogP contribution in [0.5, 0.6) is 0 Å². The highest BCUT2D eigenvalue weighted by Crippen LogP contribution is 2.25. The molecule has 26 heavy (non-hydrogen) atoms. The van der Waals surface area contributed by atoms with Crippen LogP contribution in [-0.2, 0) is 17.8 Å². The third-order valence-corrected chi connectivity index (χ3v) is 5.64. The molecule has 2 heterocycles. The molecule has 0 bridgehead atoms. The van der Waals surface area contributed by atoms with Crippen LogP contribution in [0.25, 0.3) is 11.0 Å². The molecule has 0 atom stereocenters. The lowest BCUT2D eigenvalue weighted by atomic mass is 10.2. The van der Waals surface area contributed by atoms with Crippen LogP contribution in [-0.4, -0.2) is 39.4 Å². The Labute approximate surface area is 158 Å². The van der Waals surface area contributed by atoms with Gasteiger partial charge in [-0.15, -0.1) is 0 Å². The largest absolute Gasteiger partial charge is 0.383 e. The smallest absolute Gasteiger partial charge is 0.175 e. The van der Waals surface area contributed by atoms with Crippen molar-refractivity contribution in [3.05, 3.63) is 47.3 Å². The summed E-state index contributed by atoms with van der Waals surface area (Å²) in [6.07, 6.45) is 0. The number of carbonyl (C=O) groups excluding carboxylic acids is 1. The average molecular weight is 372 g/mol. The number of hydrogen-bond acceptors (Lipinski definition) is 4. The number of nitrogens with zero attached hydrogens (tertiary/aromatic N) is 3. The monoisotopic (exact) mass is 371 g/mol. The molecule has 6 heteroatoms. The Morgan fingerprint density at radius 2 is 2.00 bits per heavy atom. The second-order valence-corrected chi connectivity index (χ2v) is 7.21. The molecule has 0 N–H and O–H groups in total. The maximum absolute atomic E-state index is 12.8. The minimum absolute atomic E-state index is 0.140. The van der Waals surface area contributed by atoms with Crippen molar-refractivity contribution >= 4 is 28.6 Å². The molecule has 138 valence electrons. The molecular weight excluding hydrogens is 346 g/mol. The summed E-state index contributed by atoms with van der Waals surface area (Å²) in [5.41, 5.74) is 4.98. The Hall–Kier alpha value is -2.05. The van der Waals surface area contributed by atoms with E-state index in [1.807, 2.05) is 38.1 Å². The Morgan fingerprint density at radius 3 is 2.73 bits per heavy atom. The van der Waals surface area contributed by atoms with Crippen molar-refractivity contribution in [1.82, 2.24) is 14.1 Å². The average Bonchev–Trinajstić information content (AvgIpc) is 3.14. The molecule has 5 nitrogen and oxygen atoms in total. The number of rotatable bonds is 8. The summed E-state index contributed by atoms with van der Waals surface area (Å²) in [6.45, 7) is 8.37. The lowest BCUT2D eigenvalue weighted by molar-refractivity contribution is 0.102. The Bertz CT molecular complexity index is 927. The highest BCUT2D eigenvalue weighted by atomic mass is 32.2. The Kier molecular flexibility index (Phi) is 5.84. The predicted octanol–water partition coefficient (Wildman–Crippen LogP) is 4.10. The molecule has 0 spiro atoms. The van der Waals surface area contributed by atoms with Gasteiger partial charge in [0.15, 0.2) is 10.9 Å². The van der Waals surface area contributed by atoms with Gasteiger partial charge >= 0.3 is 0 Å². The van der Waals surface area contributed by atoms with E-state index in [0.29, 0.717) is 12.4 Å². The highest BCUT2D eigenvalue weighted by Gasteiger charge is 2.17. The summed E-state index contributed by atoms with van der Waals surface area (Å²) in [6, 6.07) is 10.1. The van der Waals surface area contributed by atoms with Gasteiger partial charge < -0.3 is 13.9 Å². The number of fused-ring (bicyclic) bond motifs is 1. The molecular formula is C20H25N3O2S. The van der Waals surface area contributed by atoms with E-state index in [4.69, 9.17) is 4.74 Å². The number of benzene rings is 1. The second kappa shape index (κ2) is 8.10. The topological polar surface area (TPSA) is 49.0 Å². The molecule has 2 aromatic heterocycles. The number of aryl methyl sites for hydroxylation is 2. The lowest BCUT2D eigenvalue weighted by Gasteiger charge is -2.09. The summed E-state index contributed by atoms with van der Waals surface area (Å²) in [7, 11) is 1.69. The maximum atomic E-state index is 12.8. The van der Waals surface area contributed by atoms with Gasteiger partial charge in [-0.05, 0) is 39.0 Å². The fourth-order valence-electron chi connectivity index (χ4n) is 3.29. The van der Waals surface area contributed by atoms with Crippen molar-refractivity contribution < 1.29 is 9.53 Å². The van der Waals surface area contributed by atoms with E-state index in [0.717, 1.165) is 46.2 Å². The molecule has 3 rings (SSSR count). The molecule has 3 aromatic rings. The predicted molar refractivity (Wildman–Crippen MR) is 106 cm³/mol. The van der Waals surface area contributed by atoms with Crippen LogP contribution in [0, 0.1) is 13.8 Å². The van der Waals surface area contributed by atoms with Crippen LogP contribution < -0.4 is 0 Å². The zero-order valence-electron chi connectivity index (χ0n) is 15.8. The van der Waals surface area contributed by atoms with Gasteiger partial charge in [0.25, 0.3) is 0 Å². The molecule has 0 saturated heterocycles. The van der Waals surface area contributed by atoms with E-state index >= 15 is 0 Å². The van der Waals surface area contributed by atoms with Gasteiger partial charge in [0.2, 0.25) is 0 Å². The summed E-state index contributed by atoms with van der Waals surface area (Å²) in [4.78, 5) is 17.5. The highest BCUT2D eigenvalue weighted by molar-refractivity contribution is 7.99. The molecule has 0 aliphatic rings. The van der Waals surface area contributed by atoms with Crippen molar-refractivity contribution in [3.8, 4) is 0 Å². The standard InChI is InChI=1S/C20H25N3O2S/c1-5-22-18-9-7-6-8-17(18)21-20(22)26-13-19(24)16-12-14(2)23(15(16)3)10-11-25-4/h6-9,12H,5,10-11,13H2,1-4H3. The number of Topliss-reactive ketones (excluding diaryl/α,β-unsaturated/α-hetero) is 1. The van der Waals surface area contributed by atoms with Crippen molar-refractivity contribution in [2.24, 2.45) is 0 Å². The molecule has 0 aliphatic heterocycles. The molecule has 0 aliphatic carbocycles. The number of carbonyl (C=O) groups is 1. The van der Waals surface area contributed by atoms with Crippen molar-refractivity contribution in [2.75, 3.05) is 19.5 Å². The van der Waals surface area contributed by atoms with Crippen LogP contribution in [0.3, 0.4) is 0 Å². The zero-order chi connectivity index (χ0) is 18.7. The van der Waals surface area contributed by atoms with E-state index in [2.05, 4.69) is 27.1 Å². The van der Waals surface area contributed by atoms with Gasteiger partial charge in [-0.2, -0.15) is 0 Å². The summed E-state index contributed by atoms with van der Waals surface area (Å²) >= 11 is 1.51. The molecule has 1 aromatic carbocycles. The van der Waals surface area contributed by atoms with E-state index < -0.39 is 0 Å². The van der Waals surface area contributed by atoms with E-state index in [1.165, 1.54) is 11.8 Å². The Balaban J connectivity index is 1.77. The van der Waals surface area contributed by atoms with E-state index in [1.54, 1.807) is 7.11 Å². The number of imidazole rings is 1. The fraction of sp³-hybridized carbons (Fsp3) is 0.400. The molecule has 0 amide bonds. The number of ketones is 1. The first kappa shape index (κ1) is 18.7. The van der Waals surface area contributed by atoms with Crippen molar-refractivity contribution in [3.63, 3.8) is 0 Å². The fourth-order valence-corrected chi connectivity index (χ4v) is 4.25. The molecule has 0 saturated carbocycles. The first-order valence-electron chi connectivity index (χ1n) is 8.83. The SMILES string of the molecule is CCn1c(SCC(=O)c2cc(C)n(CCOC)c2C)nc2ccccc21. The van der Waals surface area contributed by atoms with Gasteiger partial charge in [-0.1, -0.05) is 23.9 Å². The number of hydrogen-bond donors (Lipinski definition) is 0. The summed E-state index contributed by atoms with van der Waals surface area (Å²) in [5.74, 6) is 0.527. The first-order valence-corrected chi connectivity index (χ1v) is 9.82. The number of para-hydroxylation sites is 2. The number of aromatic nitrogens is 3. The normalized spacial score (nSPS) is 11.4. The minimum atomic E-state index is 0.140. The van der Waals surface area contributed by atoms with Crippen LogP contribution in [0.4, 0.5) is 0 Å². The van der Waals surface area contributed by atoms with Gasteiger partial charge in [0.05, 0.1) is 23.4 Å².